The number of fused-ring (bicyclic) bond motifs is 5. The molecule has 3 saturated carbocycles. The molecule has 0 radical (unpaired) electrons. The molecule has 1 nitrogen and oxygen atoms in total. The number of rotatable bonds is 4. The van der Waals surface area contributed by atoms with Gasteiger partial charge in [0, 0.05) is 0 Å². The molecule has 0 heterocycles. The fraction of sp³-hybridized carbons (Fsp3) is 0.857. The number of hydrogen-bond acceptors (Lipinski definition) is 1. The van der Waals surface area contributed by atoms with Gasteiger partial charge in [-0.05, 0) is 104 Å². The highest BCUT2D eigenvalue weighted by Crippen LogP contribution is 2.67. The average molecular weight is 399 g/mol. The summed E-state index contributed by atoms with van der Waals surface area (Å²) >= 11 is 0. The van der Waals surface area contributed by atoms with Crippen molar-refractivity contribution >= 4 is 0 Å². The molecule has 0 bridgehead atoms. The van der Waals surface area contributed by atoms with Crippen LogP contribution < -0.4 is 0 Å². The van der Waals surface area contributed by atoms with E-state index in [0.29, 0.717) is 22.7 Å². The highest BCUT2D eigenvalue weighted by atomic mass is 16.3. The highest BCUT2D eigenvalue weighted by molar-refractivity contribution is 5.25. The zero-order valence-corrected chi connectivity index (χ0v) is 20.0. The predicted octanol–water partition coefficient (Wildman–Crippen LogP) is 7.41. The van der Waals surface area contributed by atoms with Gasteiger partial charge in [-0.1, -0.05) is 65.3 Å². The standard InChI is InChI=1S/C28H46O/c1-18(2)19(3)7-8-20(4)24-11-12-25-23-10-9-21-17-22(29)13-15-27(21,5)26(23)14-16-28(24,25)6/h7-9,18-20,22-26,29H,10-17H2,1-6H3/b8-7-/t19?,20-,22?,23?,24?,25?,26?,27?,28-/m1/s1. The number of aliphatic hydroxyl groups excluding tert-OH is 1. The van der Waals surface area contributed by atoms with Gasteiger partial charge in [-0.3, -0.25) is 0 Å². The molecule has 0 aromatic carbocycles. The van der Waals surface area contributed by atoms with Crippen molar-refractivity contribution in [3.63, 3.8) is 0 Å². The summed E-state index contributed by atoms with van der Waals surface area (Å²) in [6, 6.07) is 0. The van der Waals surface area contributed by atoms with Crippen molar-refractivity contribution in [2.45, 2.75) is 99.0 Å². The van der Waals surface area contributed by atoms with Crippen molar-refractivity contribution in [1.82, 2.24) is 0 Å². The van der Waals surface area contributed by atoms with E-state index in [1.165, 1.54) is 38.5 Å². The lowest BCUT2D eigenvalue weighted by Gasteiger charge is -2.58. The van der Waals surface area contributed by atoms with Crippen LogP contribution in [0.5, 0.6) is 0 Å². The molecular formula is C28H46O. The van der Waals surface area contributed by atoms with Crippen LogP contribution in [0.4, 0.5) is 0 Å². The molecule has 0 aliphatic heterocycles. The van der Waals surface area contributed by atoms with Gasteiger partial charge in [-0.25, -0.2) is 0 Å². The van der Waals surface area contributed by atoms with E-state index in [1.807, 2.05) is 0 Å². The minimum Gasteiger partial charge on any atom is -0.393 e. The van der Waals surface area contributed by atoms with Crippen molar-refractivity contribution < 1.29 is 5.11 Å². The Hall–Kier alpha value is -0.560. The Labute approximate surface area is 180 Å². The topological polar surface area (TPSA) is 20.2 Å². The summed E-state index contributed by atoms with van der Waals surface area (Å²) in [7, 11) is 0. The molecule has 29 heavy (non-hydrogen) atoms. The minimum atomic E-state index is -0.0866. The molecule has 4 aliphatic carbocycles. The lowest BCUT2D eigenvalue weighted by molar-refractivity contribution is -0.0540. The second-order valence-electron chi connectivity index (χ2n) is 12.2. The molecule has 4 rings (SSSR count). The molecule has 1 heteroatoms. The molecule has 4 aliphatic rings. The Kier molecular flexibility index (Phi) is 5.86. The van der Waals surface area contributed by atoms with Gasteiger partial charge in [-0.2, -0.15) is 0 Å². The van der Waals surface area contributed by atoms with E-state index in [0.717, 1.165) is 42.4 Å². The van der Waals surface area contributed by atoms with E-state index in [4.69, 9.17) is 0 Å². The van der Waals surface area contributed by atoms with E-state index in [-0.39, 0.29) is 6.10 Å². The van der Waals surface area contributed by atoms with Crippen LogP contribution >= 0.6 is 0 Å². The third-order valence-electron chi connectivity index (χ3n) is 10.6. The van der Waals surface area contributed by atoms with Crippen LogP contribution in [0.3, 0.4) is 0 Å². The van der Waals surface area contributed by atoms with Crippen LogP contribution in [0.15, 0.2) is 23.8 Å². The van der Waals surface area contributed by atoms with Gasteiger partial charge in [0.25, 0.3) is 0 Å². The Bertz CT molecular complexity index is 659. The normalized spacial score (nSPS) is 46.8. The molecule has 0 aromatic rings. The van der Waals surface area contributed by atoms with Gasteiger partial charge in [-0.15, -0.1) is 0 Å². The number of aliphatic hydroxyl groups is 1. The number of hydrogen-bond donors (Lipinski definition) is 1. The zero-order chi connectivity index (χ0) is 21.0. The first kappa shape index (κ1) is 21.7. The Morgan fingerprint density at radius 3 is 2.45 bits per heavy atom. The maximum Gasteiger partial charge on any atom is 0.0577 e. The van der Waals surface area contributed by atoms with E-state index in [9.17, 15) is 5.11 Å². The molecule has 0 saturated heterocycles. The highest BCUT2D eigenvalue weighted by Gasteiger charge is 2.58. The van der Waals surface area contributed by atoms with E-state index < -0.39 is 0 Å². The van der Waals surface area contributed by atoms with Crippen LogP contribution in [0.2, 0.25) is 0 Å². The molecule has 164 valence electrons. The second kappa shape index (κ2) is 7.85. The molecule has 9 atom stereocenters. The smallest absolute Gasteiger partial charge is 0.0577 e. The monoisotopic (exact) mass is 398 g/mol. The van der Waals surface area contributed by atoms with Crippen LogP contribution in [0.25, 0.3) is 0 Å². The summed E-state index contributed by atoms with van der Waals surface area (Å²) in [4.78, 5) is 0. The van der Waals surface area contributed by atoms with Crippen LogP contribution in [-0.4, -0.2) is 11.2 Å². The predicted molar refractivity (Wildman–Crippen MR) is 124 cm³/mol. The quantitative estimate of drug-likeness (QED) is 0.489. The van der Waals surface area contributed by atoms with Gasteiger partial charge < -0.3 is 5.11 Å². The summed E-state index contributed by atoms with van der Waals surface area (Å²) in [5, 5.41) is 10.2. The first-order chi connectivity index (χ1) is 13.7. The minimum absolute atomic E-state index is 0.0866. The van der Waals surface area contributed by atoms with Crippen LogP contribution in [0.1, 0.15) is 92.9 Å². The van der Waals surface area contributed by atoms with E-state index >= 15 is 0 Å². The van der Waals surface area contributed by atoms with E-state index in [1.54, 1.807) is 5.57 Å². The SMILES string of the molecule is CC(C)C(C)/C=C\[C@@H](C)C1CCC2C3CC=C4CC(O)CCC4(C)C3CC[C@@]21C. The van der Waals surface area contributed by atoms with Gasteiger partial charge >= 0.3 is 0 Å². The van der Waals surface area contributed by atoms with Gasteiger partial charge in [0.1, 0.15) is 0 Å². The maximum absolute atomic E-state index is 10.2. The summed E-state index contributed by atoms with van der Waals surface area (Å²) in [6.45, 7) is 14.7. The molecule has 0 amide bonds. The Balaban J connectivity index is 1.53. The van der Waals surface area contributed by atoms with Crippen LogP contribution in [0, 0.1) is 52.3 Å². The Morgan fingerprint density at radius 1 is 0.966 bits per heavy atom. The summed E-state index contributed by atoms with van der Waals surface area (Å²) in [5.41, 5.74) is 2.51. The van der Waals surface area contributed by atoms with Crippen molar-refractivity contribution in [2.24, 2.45) is 52.3 Å². The molecule has 1 N–H and O–H groups in total. The fourth-order valence-corrected chi connectivity index (χ4v) is 8.25. The molecule has 7 unspecified atom stereocenters. The average Bonchev–Trinajstić information content (AvgIpc) is 3.03. The molecular weight excluding hydrogens is 352 g/mol. The summed E-state index contributed by atoms with van der Waals surface area (Å²) in [5.74, 6) is 5.63. The van der Waals surface area contributed by atoms with Gasteiger partial charge in [0.05, 0.1) is 6.10 Å². The van der Waals surface area contributed by atoms with Gasteiger partial charge in [0.15, 0.2) is 0 Å². The Morgan fingerprint density at radius 2 is 1.72 bits per heavy atom. The van der Waals surface area contributed by atoms with E-state index in [2.05, 4.69) is 59.8 Å². The second-order valence-corrected chi connectivity index (χ2v) is 12.2. The largest absolute Gasteiger partial charge is 0.393 e. The molecule has 0 aromatic heterocycles. The van der Waals surface area contributed by atoms with Crippen molar-refractivity contribution in [2.75, 3.05) is 0 Å². The van der Waals surface area contributed by atoms with Crippen LogP contribution in [-0.2, 0) is 0 Å². The van der Waals surface area contributed by atoms with Crippen molar-refractivity contribution in [3.05, 3.63) is 23.8 Å². The number of allylic oxidation sites excluding steroid dienone is 3. The van der Waals surface area contributed by atoms with Crippen molar-refractivity contribution in [1.29, 1.82) is 0 Å². The summed E-state index contributed by atoms with van der Waals surface area (Å²) < 4.78 is 0. The first-order valence-corrected chi connectivity index (χ1v) is 12.7. The lowest BCUT2D eigenvalue weighted by atomic mass is 9.47. The lowest BCUT2D eigenvalue weighted by Crippen LogP contribution is -2.50. The third-order valence-corrected chi connectivity index (χ3v) is 10.6. The maximum atomic E-state index is 10.2. The van der Waals surface area contributed by atoms with Gasteiger partial charge in [0.2, 0.25) is 0 Å². The van der Waals surface area contributed by atoms with Crippen molar-refractivity contribution in [3.8, 4) is 0 Å². The first-order valence-electron chi connectivity index (χ1n) is 12.7. The zero-order valence-electron chi connectivity index (χ0n) is 20.0. The summed E-state index contributed by atoms with van der Waals surface area (Å²) in [6.07, 6.45) is 17.7. The third kappa shape index (κ3) is 3.58. The fourth-order valence-electron chi connectivity index (χ4n) is 8.25. The molecule has 3 fully saturated rings. The molecule has 0 spiro atoms.